The van der Waals surface area contributed by atoms with E-state index in [1.165, 1.54) is 0 Å². The van der Waals surface area contributed by atoms with Crippen LogP contribution in [-0.2, 0) is 0 Å². The minimum absolute atomic E-state index is 0.0242. The average molecular weight is 483 g/mol. The molecule has 0 aliphatic heterocycles. The summed E-state index contributed by atoms with van der Waals surface area (Å²) in [5.41, 5.74) is 2.87. The van der Waals surface area contributed by atoms with Gasteiger partial charge in [0.15, 0.2) is 5.78 Å². The predicted octanol–water partition coefficient (Wildman–Crippen LogP) is 5.52. The Kier molecular flexibility index (Phi) is 10.4. The van der Waals surface area contributed by atoms with Crippen molar-refractivity contribution in [2.24, 2.45) is 0 Å². The Morgan fingerprint density at radius 1 is 0.629 bits per heavy atom. The first-order valence-electron chi connectivity index (χ1n) is 13.3. The van der Waals surface area contributed by atoms with Gasteiger partial charge in [-0.05, 0) is 64.1 Å². The molecular formula is C29H42N2O4. The standard InChI is InChI=1S/C29H42N2O4/c1-6-30(7-2)18-12-20-34-23-15-11-14-22-26(23)27-24(33-10-5)16-17-25(28(27)29(22)32)35-21-13-19-31(8-3)9-4/h11,14-17H,6-10,12-13,18-21H2,1-5H3. The van der Waals surface area contributed by atoms with E-state index >= 15 is 0 Å². The molecular weight excluding hydrogens is 440 g/mol. The third kappa shape index (κ3) is 6.36. The smallest absolute Gasteiger partial charge is 0.198 e. The molecule has 0 fully saturated rings. The molecule has 35 heavy (non-hydrogen) atoms. The second-order valence-electron chi connectivity index (χ2n) is 8.71. The zero-order valence-corrected chi connectivity index (χ0v) is 22.2. The van der Waals surface area contributed by atoms with Gasteiger partial charge in [-0.1, -0.05) is 39.8 Å². The number of hydrogen-bond acceptors (Lipinski definition) is 6. The van der Waals surface area contributed by atoms with Crippen molar-refractivity contribution < 1.29 is 19.0 Å². The number of rotatable bonds is 16. The summed E-state index contributed by atoms with van der Waals surface area (Å²) in [7, 11) is 0. The maximum atomic E-state index is 13.5. The SMILES string of the molecule is CCOc1ccc(OCCCN(CC)CC)c2c1-c1c(OCCCN(CC)CC)cccc1C2=O. The Labute approximate surface area is 211 Å². The fourth-order valence-corrected chi connectivity index (χ4v) is 4.69. The zero-order valence-electron chi connectivity index (χ0n) is 22.2. The van der Waals surface area contributed by atoms with E-state index in [4.69, 9.17) is 14.2 Å². The summed E-state index contributed by atoms with van der Waals surface area (Å²) >= 11 is 0. The molecule has 3 rings (SSSR count). The van der Waals surface area contributed by atoms with Crippen molar-refractivity contribution in [3.05, 3.63) is 41.5 Å². The zero-order chi connectivity index (χ0) is 25.2. The van der Waals surface area contributed by atoms with Crippen LogP contribution in [0.2, 0.25) is 0 Å². The number of fused-ring (bicyclic) bond motifs is 3. The third-order valence-electron chi connectivity index (χ3n) is 6.72. The maximum Gasteiger partial charge on any atom is 0.198 e. The second-order valence-corrected chi connectivity index (χ2v) is 8.71. The average Bonchev–Trinajstić information content (AvgIpc) is 3.19. The van der Waals surface area contributed by atoms with Gasteiger partial charge < -0.3 is 24.0 Å². The predicted molar refractivity (Wildman–Crippen MR) is 142 cm³/mol. The molecule has 0 unspecified atom stereocenters. The summed E-state index contributed by atoms with van der Waals surface area (Å²) in [6.07, 6.45) is 1.84. The van der Waals surface area contributed by atoms with Crippen molar-refractivity contribution in [2.75, 3.05) is 59.1 Å². The molecule has 0 atom stereocenters. The Morgan fingerprint density at radius 2 is 1.14 bits per heavy atom. The molecule has 0 bridgehead atoms. The molecule has 1 aliphatic carbocycles. The van der Waals surface area contributed by atoms with Crippen molar-refractivity contribution >= 4 is 5.78 Å². The molecule has 0 spiro atoms. The van der Waals surface area contributed by atoms with E-state index in [1.807, 2.05) is 37.3 Å². The van der Waals surface area contributed by atoms with Crippen molar-refractivity contribution in [1.82, 2.24) is 9.80 Å². The van der Waals surface area contributed by atoms with Crippen molar-refractivity contribution in [1.29, 1.82) is 0 Å². The Morgan fingerprint density at radius 3 is 1.66 bits per heavy atom. The quantitative estimate of drug-likeness (QED) is 0.251. The van der Waals surface area contributed by atoms with Crippen LogP contribution in [0.25, 0.3) is 11.1 Å². The molecule has 0 aromatic heterocycles. The van der Waals surface area contributed by atoms with E-state index in [0.29, 0.717) is 42.4 Å². The normalized spacial score (nSPS) is 12.3. The molecule has 0 amide bonds. The summed E-state index contributed by atoms with van der Waals surface area (Å²) in [6, 6.07) is 9.51. The Bertz CT molecular complexity index is 967. The van der Waals surface area contributed by atoms with Gasteiger partial charge in [-0.3, -0.25) is 4.79 Å². The number of benzene rings is 2. The number of carbonyl (C=O) groups is 1. The molecule has 0 heterocycles. The number of nitrogens with zero attached hydrogens (tertiary/aromatic N) is 2. The molecule has 1 aliphatic rings. The first-order chi connectivity index (χ1) is 17.1. The second kappa shape index (κ2) is 13.5. The van der Waals surface area contributed by atoms with Crippen LogP contribution in [0.3, 0.4) is 0 Å². The van der Waals surface area contributed by atoms with Crippen LogP contribution in [0.1, 0.15) is 63.4 Å². The fourth-order valence-electron chi connectivity index (χ4n) is 4.69. The Balaban J connectivity index is 1.84. The van der Waals surface area contributed by atoms with Crippen LogP contribution < -0.4 is 14.2 Å². The van der Waals surface area contributed by atoms with Crippen LogP contribution in [-0.4, -0.2) is 74.7 Å². The van der Waals surface area contributed by atoms with Gasteiger partial charge in [0.1, 0.15) is 17.2 Å². The molecule has 0 N–H and O–H groups in total. The number of hydrogen-bond donors (Lipinski definition) is 0. The first kappa shape index (κ1) is 27.0. The Hall–Kier alpha value is -2.57. The highest BCUT2D eigenvalue weighted by atomic mass is 16.5. The highest BCUT2D eigenvalue weighted by Gasteiger charge is 2.35. The largest absolute Gasteiger partial charge is 0.493 e. The highest BCUT2D eigenvalue weighted by molar-refractivity contribution is 6.25. The summed E-state index contributed by atoms with van der Waals surface area (Å²) in [5, 5.41) is 0. The lowest BCUT2D eigenvalue weighted by Gasteiger charge is -2.19. The van der Waals surface area contributed by atoms with E-state index in [1.54, 1.807) is 0 Å². The lowest BCUT2D eigenvalue weighted by molar-refractivity contribution is 0.103. The van der Waals surface area contributed by atoms with Gasteiger partial charge in [0.25, 0.3) is 0 Å². The van der Waals surface area contributed by atoms with Gasteiger partial charge in [-0.25, -0.2) is 0 Å². The minimum Gasteiger partial charge on any atom is -0.493 e. The van der Waals surface area contributed by atoms with Crippen LogP contribution in [0.4, 0.5) is 0 Å². The van der Waals surface area contributed by atoms with Gasteiger partial charge in [0, 0.05) is 29.8 Å². The van der Waals surface area contributed by atoms with Crippen LogP contribution in [0.15, 0.2) is 30.3 Å². The summed E-state index contributed by atoms with van der Waals surface area (Å²) in [5.74, 6) is 2.03. The van der Waals surface area contributed by atoms with E-state index in [9.17, 15) is 4.79 Å². The lowest BCUT2D eigenvalue weighted by atomic mass is 10.0. The summed E-state index contributed by atoms with van der Waals surface area (Å²) < 4.78 is 18.4. The van der Waals surface area contributed by atoms with Crippen molar-refractivity contribution in [3.63, 3.8) is 0 Å². The summed E-state index contributed by atoms with van der Waals surface area (Å²) in [6.45, 7) is 18.4. The number of carbonyl (C=O) groups excluding carboxylic acids is 1. The van der Waals surface area contributed by atoms with Gasteiger partial charge >= 0.3 is 0 Å². The molecule has 0 saturated carbocycles. The van der Waals surface area contributed by atoms with E-state index in [0.717, 1.165) is 69.0 Å². The van der Waals surface area contributed by atoms with Crippen LogP contribution >= 0.6 is 0 Å². The van der Waals surface area contributed by atoms with E-state index in [2.05, 4.69) is 37.5 Å². The fraction of sp³-hybridized carbons (Fsp3) is 0.552. The number of ketones is 1. The lowest BCUT2D eigenvalue weighted by Crippen LogP contribution is -2.25. The maximum absolute atomic E-state index is 13.5. The molecule has 192 valence electrons. The minimum atomic E-state index is -0.0242. The van der Waals surface area contributed by atoms with E-state index < -0.39 is 0 Å². The van der Waals surface area contributed by atoms with Crippen molar-refractivity contribution in [3.8, 4) is 28.4 Å². The first-order valence-corrected chi connectivity index (χ1v) is 13.3. The highest BCUT2D eigenvalue weighted by Crippen LogP contribution is 2.50. The van der Waals surface area contributed by atoms with Gasteiger partial charge in [0.2, 0.25) is 0 Å². The summed E-state index contributed by atoms with van der Waals surface area (Å²) in [4.78, 5) is 18.3. The van der Waals surface area contributed by atoms with Gasteiger partial charge in [-0.15, -0.1) is 0 Å². The topological polar surface area (TPSA) is 51.2 Å². The third-order valence-corrected chi connectivity index (χ3v) is 6.72. The molecule has 6 nitrogen and oxygen atoms in total. The van der Waals surface area contributed by atoms with Crippen LogP contribution in [0.5, 0.6) is 17.2 Å². The van der Waals surface area contributed by atoms with Crippen LogP contribution in [0, 0.1) is 0 Å². The van der Waals surface area contributed by atoms with Crippen molar-refractivity contribution in [2.45, 2.75) is 47.5 Å². The molecule has 2 aromatic rings. The molecule has 0 radical (unpaired) electrons. The van der Waals surface area contributed by atoms with Gasteiger partial charge in [0.05, 0.1) is 25.4 Å². The molecule has 2 aromatic carbocycles. The van der Waals surface area contributed by atoms with E-state index in [-0.39, 0.29) is 5.78 Å². The molecule has 0 saturated heterocycles. The van der Waals surface area contributed by atoms with Gasteiger partial charge in [-0.2, -0.15) is 0 Å². The monoisotopic (exact) mass is 482 g/mol. The molecule has 6 heteroatoms. The number of ether oxygens (including phenoxy) is 3.